The van der Waals surface area contributed by atoms with Gasteiger partial charge in [0.05, 0.1) is 5.02 Å². The van der Waals surface area contributed by atoms with Gasteiger partial charge < -0.3 is 31.9 Å². The highest BCUT2D eigenvalue weighted by molar-refractivity contribution is 9.10. The van der Waals surface area contributed by atoms with Crippen molar-refractivity contribution in [2.24, 2.45) is 0 Å². The van der Waals surface area contributed by atoms with Crippen molar-refractivity contribution in [3.8, 4) is 79.2 Å². The molecule has 0 aliphatic rings. The van der Waals surface area contributed by atoms with Gasteiger partial charge >= 0.3 is 0 Å². The van der Waals surface area contributed by atoms with Crippen LogP contribution in [0, 0.1) is 96.9 Å². The van der Waals surface area contributed by atoms with Crippen molar-refractivity contribution >= 4 is 62.2 Å². The van der Waals surface area contributed by atoms with Crippen LogP contribution < -0.4 is 4.74 Å². The lowest BCUT2D eigenvalue weighted by molar-refractivity contribution is 0.0971. The highest BCUT2D eigenvalue weighted by atomic mass is 79.9. The van der Waals surface area contributed by atoms with Gasteiger partial charge in [-0.2, -0.15) is 0 Å². The van der Waals surface area contributed by atoms with Gasteiger partial charge in [0, 0.05) is 254 Å². The number of pyridine rings is 6. The summed E-state index contributed by atoms with van der Waals surface area (Å²) in [6.45, 7) is 27.0. The Labute approximate surface area is 879 Å². The molecule has 0 atom stereocenters. The Kier molecular flexibility index (Phi) is 38.0. The number of hydrogen-bond donors (Lipinski definition) is 0. The van der Waals surface area contributed by atoms with Gasteiger partial charge in [-0.1, -0.05) is 221 Å². The molecule has 27 heteroatoms. The molecule has 0 bridgehead atoms. The van der Waals surface area contributed by atoms with Crippen LogP contribution in [0.1, 0.15) is 214 Å². The van der Waals surface area contributed by atoms with Crippen LogP contribution >= 0.6 is 27.5 Å². The minimum atomic E-state index is -0.00331. The number of rotatable bonds is 32. The van der Waals surface area contributed by atoms with E-state index < -0.39 is 0 Å². The molecule has 0 N–H and O–H groups in total. The standard InChI is InChI=1S/C23H18N2O3.C20H19ClN2O2.3C20H20N2O2.C19H17BrN2O2/c26-22(13-12-20-15-21(25-28-20)17-7-3-1-4-8-17)18-11-14-23(24-16-18)27-19-9-5-2-6-10-19;1-12-4-7-17(18(21)10-12)19-11-15(25-23-19)6-9-20(24)16-8-5-13(2)22-14(16)3;2*1-13-4-7-16(8-5-13)19-12-17(24-22-19)9-11-20(23)18-10-6-14(2)21-15(18)3;1-13-5-4-6-16(11-13)19-12-17(24-22-19)8-10-20(23)18-9-7-14(2)21-15(18)3;1-12-7-9-15(13(2)21-12)19(23)10-8-14-11-18(22-24-14)16-5-3-4-6-17(16)20/h1-11,14-16H,12-13H2;4-5,7-8,10-11H,6,9H2,1-3H3;2*4-8,10,12H,9,11H2,1-3H3;4-7,9,11-12H,8,10H2,1-3H3;3-7,9,11H,8,10H2,1-2H3. The van der Waals surface area contributed by atoms with E-state index in [1.165, 1.54) is 22.9 Å². The van der Waals surface area contributed by atoms with Crippen molar-refractivity contribution in [1.82, 2.24) is 60.8 Å². The molecule has 0 aliphatic carbocycles. The predicted octanol–water partition coefficient (Wildman–Crippen LogP) is 28.8. The predicted molar refractivity (Wildman–Crippen MR) is 579 cm³/mol. The molecular formula is C122H114BrClN12O13. The Balaban J connectivity index is 0.000000141. The first-order chi connectivity index (χ1) is 71.8. The number of ketones is 6. The van der Waals surface area contributed by atoms with Crippen molar-refractivity contribution in [3.05, 3.63) is 448 Å². The summed E-state index contributed by atoms with van der Waals surface area (Å²) < 4.78 is 38.8. The molecule has 12 aromatic heterocycles. The lowest BCUT2D eigenvalue weighted by Crippen LogP contribution is -2.05. The summed E-state index contributed by atoms with van der Waals surface area (Å²) in [5.41, 5.74) is 27.5. The maximum Gasteiger partial charge on any atom is 0.219 e. The molecule has 0 amide bonds. The second-order valence-corrected chi connectivity index (χ2v) is 37.5. The number of aromatic nitrogens is 12. The average Bonchev–Trinajstić information content (AvgIpc) is 1.72. The fraction of sp³-hybridized carbons (Fsp3) is 0.213. The number of hydrogen-bond acceptors (Lipinski definition) is 25. The normalized spacial score (nSPS) is 10.8. The van der Waals surface area contributed by atoms with Gasteiger partial charge in [-0.3, -0.25) is 53.7 Å². The molecule has 0 saturated heterocycles. The minimum Gasteiger partial charge on any atom is -0.439 e. The molecule has 0 unspecified atom stereocenters. The lowest BCUT2D eigenvalue weighted by atomic mass is 10.0. The van der Waals surface area contributed by atoms with E-state index in [1.54, 1.807) is 12.1 Å². The SMILES string of the molecule is Cc1ccc(-c2cc(CCC(=O)c3ccc(C)nc3C)on2)c(Cl)c1.Cc1ccc(-c2cc(CCC(=O)c3ccc(C)nc3C)on2)cc1.Cc1ccc(-c2cc(CCC(=O)c3ccc(C)nc3C)on2)cc1.Cc1ccc(C(=O)CCc2cc(-c3ccccc3Br)no2)c(C)n1.Cc1cccc(-c2cc(CCC(=O)c3ccc(C)nc3C)on2)c1.O=C(CCc1cc(-c2ccccc2)no1)c1ccc(Oc2ccccc2)nc1. The Bertz CT molecular complexity index is 7690. The van der Waals surface area contributed by atoms with Crippen LogP contribution in [-0.2, 0) is 38.5 Å². The Hall–Kier alpha value is -16.7. The van der Waals surface area contributed by atoms with Crippen LogP contribution in [0.4, 0.5) is 0 Å². The molecule has 754 valence electrons. The van der Waals surface area contributed by atoms with Crippen molar-refractivity contribution in [2.75, 3.05) is 0 Å². The minimum absolute atomic E-state index is 0.00331. The quantitative estimate of drug-likeness (QED) is 0.0353. The Morgan fingerprint density at radius 3 is 0.913 bits per heavy atom. The highest BCUT2D eigenvalue weighted by Crippen LogP contribution is 2.34. The molecule has 0 saturated carbocycles. The summed E-state index contributed by atoms with van der Waals surface area (Å²) in [5.74, 6) is 5.71. The zero-order chi connectivity index (χ0) is 106. The van der Waals surface area contributed by atoms with E-state index in [9.17, 15) is 28.8 Å². The smallest absolute Gasteiger partial charge is 0.219 e. The Morgan fingerprint density at radius 1 is 0.268 bits per heavy atom. The topological polar surface area (TPSA) is 345 Å². The van der Waals surface area contributed by atoms with E-state index in [4.69, 9.17) is 43.5 Å². The van der Waals surface area contributed by atoms with Crippen LogP contribution in [0.5, 0.6) is 11.6 Å². The second-order valence-electron chi connectivity index (χ2n) is 36.3. The molecule has 12 heterocycles. The molecule has 0 radical (unpaired) electrons. The number of carbonyl (C=O) groups excluding carboxylic acids is 6. The number of Topliss-reactive ketones (excluding diaryl/α,β-unsaturated/α-hetero) is 6. The first kappa shape index (κ1) is 108. The van der Waals surface area contributed by atoms with Crippen LogP contribution in [0.25, 0.3) is 67.5 Å². The molecule has 0 spiro atoms. The number of nitrogens with zero attached hydrogens (tertiary/aromatic N) is 12. The molecule has 19 rings (SSSR count). The number of ether oxygens (including phenoxy) is 1. The number of para-hydroxylation sites is 1. The highest BCUT2D eigenvalue weighted by Gasteiger charge is 2.23. The summed E-state index contributed by atoms with van der Waals surface area (Å²) in [5, 5.41) is 25.2. The summed E-state index contributed by atoms with van der Waals surface area (Å²) in [4.78, 5) is 100. The first-order valence-corrected chi connectivity index (χ1v) is 50.1. The maximum atomic E-state index is 12.4. The van der Waals surface area contributed by atoms with Crippen LogP contribution in [-0.4, -0.2) is 95.5 Å². The summed E-state index contributed by atoms with van der Waals surface area (Å²) >= 11 is 9.77. The van der Waals surface area contributed by atoms with Crippen LogP contribution in [0.15, 0.2) is 323 Å². The summed E-state index contributed by atoms with van der Waals surface area (Å²) in [6.07, 6.45) is 6.82. The fourth-order valence-electron chi connectivity index (χ4n) is 16.1. The van der Waals surface area contributed by atoms with Gasteiger partial charge in [0.25, 0.3) is 0 Å². The Morgan fingerprint density at radius 2 is 0.570 bits per heavy atom. The lowest BCUT2D eigenvalue weighted by Gasteiger charge is -2.05. The van der Waals surface area contributed by atoms with Gasteiger partial charge in [0.2, 0.25) is 5.88 Å². The number of benzene rings is 7. The molecule has 0 fully saturated rings. The first-order valence-electron chi connectivity index (χ1n) is 49.0. The van der Waals surface area contributed by atoms with E-state index in [2.05, 4.69) is 82.8 Å². The van der Waals surface area contributed by atoms with Crippen molar-refractivity contribution in [1.29, 1.82) is 0 Å². The fourth-order valence-corrected chi connectivity index (χ4v) is 16.9. The van der Waals surface area contributed by atoms with Gasteiger partial charge in [-0.25, -0.2) is 4.98 Å². The maximum absolute atomic E-state index is 12.4. The van der Waals surface area contributed by atoms with Crippen molar-refractivity contribution < 1.29 is 60.6 Å². The summed E-state index contributed by atoms with van der Waals surface area (Å²) in [6, 6.07) is 90.4. The van der Waals surface area contributed by atoms with Gasteiger partial charge in [0.1, 0.15) is 74.5 Å². The third-order valence-corrected chi connectivity index (χ3v) is 25.2. The van der Waals surface area contributed by atoms with E-state index in [-0.39, 0.29) is 34.7 Å². The van der Waals surface area contributed by atoms with Crippen molar-refractivity contribution in [3.63, 3.8) is 0 Å². The average molecular weight is 2070 g/mol. The number of aryl methyl sites for hydroxylation is 20. The third-order valence-electron chi connectivity index (χ3n) is 24.2. The second kappa shape index (κ2) is 52.4. The zero-order valence-corrected chi connectivity index (χ0v) is 88.0. The third kappa shape index (κ3) is 31.4. The molecule has 19 aromatic rings. The zero-order valence-electron chi connectivity index (χ0n) is 85.6. The van der Waals surface area contributed by atoms with Gasteiger partial charge in [-0.15, -0.1) is 0 Å². The molecule has 7 aromatic carbocycles. The molecule has 25 nitrogen and oxygen atoms in total. The van der Waals surface area contributed by atoms with E-state index in [0.29, 0.717) is 150 Å². The van der Waals surface area contributed by atoms with E-state index in [1.807, 2.05) is 364 Å². The van der Waals surface area contributed by atoms with E-state index in [0.717, 1.165) is 146 Å². The van der Waals surface area contributed by atoms with E-state index >= 15 is 0 Å². The number of carbonyl (C=O) groups is 6. The van der Waals surface area contributed by atoms with Gasteiger partial charge in [-0.05, 0) is 200 Å². The summed E-state index contributed by atoms with van der Waals surface area (Å²) in [7, 11) is 0. The van der Waals surface area contributed by atoms with Gasteiger partial charge in [0.15, 0.2) is 34.7 Å². The monoisotopic (exact) mass is 2070 g/mol. The van der Waals surface area contributed by atoms with Crippen LogP contribution in [0.2, 0.25) is 5.02 Å². The number of halogens is 2. The van der Waals surface area contributed by atoms with Crippen LogP contribution in [0.3, 0.4) is 0 Å². The molecule has 0 aliphatic heterocycles. The molecular weight excluding hydrogens is 1960 g/mol. The molecule has 149 heavy (non-hydrogen) atoms. The van der Waals surface area contributed by atoms with Crippen molar-refractivity contribution in [2.45, 2.75) is 174 Å². The largest absolute Gasteiger partial charge is 0.439 e.